The summed E-state index contributed by atoms with van der Waals surface area (Å²) >= 11 is 0. The number of carbonyl (C=O) groups is 1. The van der Waals surface area contributed by atoms with Crippen LogP contribution >= 0.6 is 0 Å². The fraction of sp³-hybridized carbons (Fsp3) is 0.967. The first-order valence-electron chi connectivity index (χ1n) is 14.7. The average Bonchev–Trinajstić information content (AvgIpc) is 3.40. The number of hydrogen-bond donors (Lipinski definition) is 2. The highest BCUT2D eigenvalue weighted by molar-refractivity contribution is 5.81. The average molecular weight is 486 g/mol. The smallest absolute Gasteiger partial charge is 0.251 e. The van der Waals surface area contributed by atoms with Crippen LogP contribution in [0.2, 0.25) is 0 Å². The van der Waals surface area contributed by atoms with Gasteiger partial charge in [-0.3, -0.25) is 4.79 Å². The summed E-state index contributed by atoms with van der Waals surface area (Å²) in [7, 11) is 0. The Hall–Kier alpha value is -0.650. The minimum atomic E-state index is -0.509. The predicted octanol–water partition coefficient (Wildman–Crippen LogP) is 4.39. The van der Waals surface area contributed by atoms with Gasteiger partial charge >= 0.3 is 0 Å². The zero-order valence-electron chi connectivity index (χ0n) is 22.6. The monoisotopic (exact) mass is 485 g/mol. The molecule has 0 radical (unpaired) electrons. The maximum absolute atomic E-state index is 13.1. The summed E-state index contributed by atoms with van der Waals surface area (Å²) in [4.78, 5) is 15.1. The molecule has 0 bridgehead atoms. The second-order valence-electron chi connectivity index (χ2n) is 15.2. The molecule has 12 atom stereocenters. The van der Waals surface area contributed by atoms with Gasteiger partial charge in [-0.05, 0) is 103 Å². The first kappa shape index (κ1) is 23.5. The van der Waals surface area contributed by atoms with Crippen molar-refractivity contribution in [1.29, 1.82) is 0 Å². The van der Waals surface area contributed by atoms with Gasteiger partial charge in [0.1, 0.15) is 6.10 Å². The molecule has 2 N–H and O–H groups in total. The standard InChI is InChI=1S/C30H47NO4/c1-17-15-18(25(34)31-13-6-14-31)35-23-22(17)27(4)11-12-30-16-29(30)10-9-21(32)26(2,3)19(29)7-8-20(30)28(27,5)24(23)33/h17-24,32-33H,6-16H2,1-5H3/t17-,18?,19+,20?,21+,22+,23?,24+,27-,28-,29-,30+/m1/s1. The minimum Gasteiger partial charge on any atom is -0.393 e. The minimum absolute atomic E-state index is 0.0152. The van der Waals surface area contributed by atoms with E-state index in [2.05, 4.69) is 34.6 Å². The van der Waals surface area contributed by atoms with Crippen LogP contribution in [0, 0.1) is 50.7 Å². The highest BCUT2D eigenvalue weighted by atomic mass is 16.5. The number of hydrogen-bond acceptors (Lipinski definition) is 4. The number of rotatable bonds is 1. The molecule has 1 amide bonds. The fourth-order valence-electron chi connectivity index (χ4n) is 12.2. The number of likely N-dealkylation sites (tertiary alicyclic amines) is 1. The van der Waals surface area contributed by atoms with Crippen LogP contribution in [0.1, 0.15) is 92.4 Å². The lowest BCUT2D eigenvalue weighted by Crippen LogP contribution is -2.59. The Morgan fingerprint density at radius 3 is 2.31 bits per heavy atom. The van der Waals surface area contributed by atoms with Gasteiger partial charge in [-0.2, -0.15) is 0 Å². The van der Waals surface area contributed by atoms with E-state index in [0.29, 0.717) is 34.5 Å². The number of carbonyl (C=O) groups excluding carboxylic acids is 1. The zero-order valence-corrected chi connectivity index (χ0v) is 22.6. The Labute approximate surface area is 211 Å². The summed E-state index contributed by atoms with van der Waals surface area (Å²) in [6.07, 6.45) is 8.74. The maximum Gasteiger partial charge on any atom is 0.251 e. The van der Waals surface area contributed by atoms with Crippen LogP contribution < -0.4 is 0 Å². The Morgan fingerprint density at radius 2 is 1.63 bits per heavy atom. The fourth-order valence-corrected chi connectivity index (χ4v) is 12.2. The van der Waals surface area contributed by atoms with Crippen molar-refractivity contribution in [3.63, 3.8) is 0 Å². The Balaban J connectivity index is 1.24. The van der Waals surface area contributed by atoms with E-state index in [4.69, 9.17) is 4.74 Å². The summed E-state index contributed by atoms with van der Waals surface area (Å²) in [5.41, 5.74) is 0.527. The van der Waals surface area contributed by atoms with Crippen molar-refractivity contribution in [3.05, 3.63) is 0 Å². The van der Waals surface area contributed by atoms with E-state index in [0.717, 1.165) is 51.6 Å². The molecule has 7 rings (SSSR count). The van der Waals surface area contributed by atoms with Crippen LogP contribution in [0.25, 0.3) is 0 Å². The van der Waals surface area contributed by atoms with Gasteiger partial charge in [0.2, 0.25) is 0 Å². The zero-order chi connectivity index (χ0) is 24.8. The van der Waals surface area contributed by atoms with E-state index in [1.165, 1.54) is 19.3 Å². The van der Waals surface area contributed by atoms with Crippen molar-refractivity contribution < 1.29 is 19.7 Å². The summed E-state index contributed by atoms with van der Waals surface area (Å²) in [5.74, 6) is 1.96. The van der Waals surface area contributed by atoms with E-state index in [1.54, 1.807) is 0 Å². The van der Waals surface area contributed by atoms with Crippen LogP contribution in [0.4, 0.5) is 0 Å². The molecule has 5 aliphatic carbocycles. The molecule has 2 aliphatic heterocycles. The lowest BCUT2D eigenvalue weighted by atomic mass is 9.41. The molecule has 35 heavy (non-hydrogen) atoms. The number of aliphatic hydroxyl groups excluding tert-OH is 2. The molecule has 0 aromatic heterocycles. The molecule has 196 valence electrons. The van der Waals surface area contributed by atoms with Gasteiger partial charge in [-0.15, -0.1) is 0 Å². The Kier molecular flexibility index (Phi) is 4.60. The van der Waals surface area contributed by atoms with E-state index in [9.17, 15) is 15.0 Å². The van der Waals surface area contributed by atoms with E-state index < -0.39 is 6.10 Å². The van der Waals surface area contributed by atoms with Crippen LogP contribution in [-0.4, -0.2) is 58.5 Å². The molecular formula is C30H47NO4. The molecule has 5 nitrogen and oxygen atoms in total. The number of ether oxygens (including phenoxy) is 1. The largest absolute Gasteiger partial charge is 0.393 e. The molecule has 5 heteroatoms. The number of nitrogens with zero attached hydrogens (tertiary/aromatic N) is 1. The molecule has 7 fully saturated rings. The summed E-state index contributed by atoms with van der Waals surface area (Å²) < 4.78 is 6.64. The highest BCUT2D eigenvalue weighted by Crippen LogP contribution is 2.89. The third-order valence-corrected chi connectivity index (χ3v) is 14.2. The van der Waals surface area contributed by atoms with Gasteiger partial charge in [0.15, 0.2) is 0 Å². The first-order chi connectivity index (χ1) is 16.4. The molecule has 7 aliphatic rings. The van der Waals surface area contributed by atoms with Crippen molar-refractivity contribution in [2.45, 2.75) is 117 Å². The van der Waals surface area contributed by atoms with E-state index in [1.807, 2.05) is 4.90 Å². The van der Waals surface area contributed by atoms with Gasteiger partial charge in [0.25, 0.3) is 5.91 Å². The second-order valence-corrected chi connectivity index (χ2v) is 15.2. The van der Waals surface area contributed by atoms with E-state index in [-0.39, 0.29) is 40.5 Å². The number of fused-ring (bicyclic) bond motifs is 4. The van der Waals surface area contributed by atoms with Crippen LogP contribution in [-0.2, 0) is 9.53 Å². The van der Waals surface area contributed by atoms with Crippen molar-refractivity contribution in [1.82, 2.24) is 4.90 Å². The summed E-state index contributed by atoms with van der Waals surface area (Å²) in [5, 5.41) is 23.1. The number of aliphatic hydroxyl groups is 2. The lowest BCUT2D eigenvalue weighted by molar-refractivity contribution is -0.183. The highest BCUT2D eigenvalue weighted by Gasteiger charge is 2.84. The van der Waals surface area contributed by atoms with Crippen molar-refractivity contribution in [3.8, 4) is 0 Å². The van der Waals surface area contributed by atoms with Gasteiger partial charge < -0.3 is 19.8 Å². The molecule has 2 spiro atoms. The Bertz CT molecular complexity index is 947. The second kappa shape index (κ2) is 6.86. The van der Waals surface area contributed by atoms with Gasteiger partial charge in [-0.25, -0.2) is 0 Å². The molecule has 2 heterocycles. The summed E-state index contributed by atoms with van der Waals surface area (Å²) in [6.45, 7) is 13.6. The quantitative estimate of drug-likeness (QED) is 0.578. The van der Waals surface area contributed by atoms with Crippen molar-refractivity contribution in [2.24, 2.45) is 50.7 Å². The molecule has 5 saturated carbocycles. The molecule has 2 saturated heterocycles. The topological polar surface area (TPSA) is 70.0 Å². The molecular weight excluding hydrogens is 438 g/mol. The SMILES string of the molecule is C[C@@H]1CC(C(=O)N2CCC2)OC2[C@H]1[C@@]1(C)CC[C@@]34C[C@@]35CC[C@H](O)C(C)(C)[C@@H]5CCC4[C@]1(C)[C@H]2O. The van der Waals surface area contributed by atoms with Crippen molar-refractivity contribution >= 4 is 5.91 Å². The van der Waals surface area contributed by atoms with Crippen LogP contribution in [0.5, 0.6) is 0 Å². The molecule has 0 aromatic carbocycles. The van der Waals surface area contributed by atoms with Gasteiger partial charge in [-0.1, -0.05) is 34.6 Å². The van der Waals surface area contributed by atoms with Crippen molar-refractivity contribution in [2.75, 3.05) is 13.1 Å². The molecule has 0 aromatic rings. The lowest BCUT2D eigenvalue weighted by Gasteiger charge is -2.63. The van der Waals surface area contributed by atoms with Gasteiger partial charge in [0.05, 0.1) is 18.3 Å². The molecule has 3 unspecified atom stereocenters. The maximum atomic E-state index is 13.1. The predicted molar refractivity (Wildman–Crippen MR) is 133 cm³/mol. The van der Waals surface area contributed by atoms with Gasteiger partial charge in [0, 0.05) is 18.5 Å². The third-order valence-electron chi connectivity index (χ3n) is 14.2. The normalized spacial score (nSPS) is 59.8. The van der Waals surface area contributed by atoms with Crippen LogP contribution in [0.3, 0.4) is 0 Å². The summed E-state index contributed by atoms with van der Waals surface area (Å²) in [6, 6.07) is 0. The van der Waals surface area contributed by atoms with E-state index >= 15 is 0 Å². The third kappa shape index (κ3) is 2.46. The number of amides is 1. The van der Waals surface area contributed by atoms with Crippen LogP contribution in [0.15, 0.2) is 0 Å². The Morgan fingerprint density at radius 1 is 0.943 bits per heavy atom. The first-order valence-corrected chi connectivity index (χ1v) is 14.7.